The highest BCUT2D eigenvalue weighted by Crippen LogP contribution is 2.18. The van der Waals surface area contributed by atoms with Crippen LogP contribution >= 0.6 is 0 Å². The maximum Gasteiger partial charge on any atom is 0.305 e. The van der Waals surface area contributed by atoms with E-state index in [1.54, 1.807) is 6.08 Å². The van der Waals surface area contributed by atoms with Gasteiger partial charge in [0, 0.05) is 12.8 Å². The first kappa shape index (κ1) is 72.1. The monoisotopic (exact) mass is 1040 g/mol. The van der Waals surface area contributed by atoms with Crippen LogP contribution in [-0.2, 0) is 14.3 Å². The molecule has 0 aliphatic rings. The number of hydrogen-bond donors (Lipinski definition) is 3. The lowest BCUT2D eigenvalue weighted by molar-refractivity contribution is -0.143. The molecule has 0 spiro atoms. The predicted molar refractivity (Wildman–Crippen MR) is 324 cm³/mol. The minimum absolute atomic E-state index is 0.0101. The summed E-state index contributed by atoms with van der Waals surface area (Å²) in [6.07, 6.45) is 80.6. The van der Waals surface area contributed by atoms with Crippen LogP contribution in [0.4, 0.5) is 0 Å². The van der Waals surface area contributed by atoms with Gasteiger partial charge in [-0.05, 0) is 64.2 Å². The molecule has 74 heavy (non-hydrogen) atoms. The zero-order valence-electron chi connectivity index (χ0n) is 49.8. The highest BCUT2D eigenvalue weighted by Gasteiger charge is 2.18. The summed E-state index contributed by atoms with van der Waals surface area (Å²) in [5.41, 5.74) is 0. The highest BCUT2D eigenvalue weighted by molar-refractivity contribution is 5.76. The molecule has 0 saturated carbocycles. The van der Waals surface area contributed by atoms with Gasteiger partial charge in [0.05, 0.1) is 25.4 Å². The lowest BCUT2D eigenvalue weighted by Gasteiger charge is -2.20. The second-order valence-corrected chi connectivity index (χ2v) is 22.8. The number of carbonyl (C=O) groups is 2. The Bertz CT molecular complexity index is 1200. The summed E-state index contributed by atoms with van der Waals surface area (Å²) in [6, 6.07) is -0.625. The van der Waals surface area contributed by atoms with Crippen LogP contribution in [0.5, 0.6) is 0 Å². The SMILES string of the molecule is CCCCC/C=C\C/C=C\CCCCCCCCCC(=O)OCCCCCCCCCCCCCCCCCCCCCCCCCCCCCC(=O)NC(CO)C(O)/C=C/CCCCCCCCCCCCC. The standard InChI is InChI=1S/C68H129NO5/c1-3-5-7-9-11-13-15-17-18-30-34-38-42-46-50-54-58-62-68(73)74-63-59-55-51-47-43-39-35-32-29-27-25-23-21-19-20-22-24-26-28-31-33-37-41-45-49-53-57-61-67(72)69-65(64-70)66(71)60-56-52-48-44-40-36-16-14-12-10-8-6-4-2/h11,13,17-18,56,60,65-66,70-71H,3-10,12,14-16,19-55,57-59,61-64H2,1-2H3,(H,69,72)/b13-11-,18-17-,60-56+. The predicted octanol–water partition coefficient (Wildman–Crippen LogP) is 21.1. The molecule has 0 aromatic carbocycles. The van der Waals surface area contributed by atoms with Crippen LogP contribution in [0.15, 0.2) is 36.5 Å². The molecular weight excluding hydrogens is 911 g/mol. The molecule has 1 amide bonds. The molecule has 0 radical (unpaired) electrons. The quantitative estimate of drug-likeness (QED) is 0.0320. The number of amides is 1. The topological polar surface area (TPSA) is 95.9 Å². The third-order valence-electron chi connectivity index (χ3n) is 15.4. The summed E-state index contributed by atoms with van der Waals surface area (Å²) in [4.78, 5) is 24.5. The Kier molecular flexibility index (Phi) is 62.0. The summed E-state index contributed by atoms with van der Waals surface area (Å²) in [7, 11) is 0. The van der Waals surface area contributed by atoms with Crippen LogP contribution in [0.3, 0.4) is 0 Å². The fourth-order valence-electron chi connectivity index (χ4n) is 10.3. The minimum atomic E-state index is -0.842. The van der Waals surface area contributed by atoms with Crippen molar-refractivity contribution in [1.29, 1.82) is 0 Å². The first-order valence-corrected chi connectivity index (χ1v) is 33.3. The number of carbonyl (C=O) groups excluding carboxylic acids is 2. The van der Waals surface area contributed by atoms with E-state index in [0.29, 0.717) is 19.4 Å². The summed E-state index contributed by atoms with van der Waals surface area (Å²) in [6.45, 7) is 4.89. The Balaban J connectivity index is 3.35. The number of hydrogen-bond acceptors (Lipinski definition) is 5. The van der Waals surface area contributed by atoms with E-state index in [1.165, 1.54) is 283 Å². The third-order valence-corrected chi connectivity index (χ3v) is 15.4. The number of nitrogens with one attached hydrogen (secondary N) is 1. The van der Waals surface area contributed by atoms with Crippen molar-refractivity contribution in [1.82, 2.24) is 5.32 Å². The molecule has 0 bridgehead atoms. The lowest BCUT2D eigenvalue weighted by atomic mass is 10.0. The molecule has 2 atom stereocenters. The second kappa shape index (κ2) is 63.6. The maximum absolute atomic E-state index is 12.5. The fraction of sp³-hybridized carbons (Fsp3) is 0.882. The third kappa shape index (κ3) is 59.3. The van der Waals surface area contributed by atoms with Gasteiger partial charge in [0.25, 0.3) is 0 Å². The van der Waals surface area contributed by atoms with Crippen LogP contribution in [-0.4, -0.2) is 47.4 Å². The Morgan fingerprint density at radius 3 is 1.05 bits per heavy atom. The molecule has 0 aliphatic heterocycles. The molecule has 6 nitrogen and oxygen atoms in total. The van der Waals surface area contributed by atoms with E-state index in [0.717, 1.165) is 51.4 Å². The smallest absolute Gasteiger partial charge is 0.305 e. The summed E-state index contributed by atoms with van der Waals surface area (Å²) in [5.74, 6) is -0.0544. The molecule has 0 aromatic rings. The van der Waals surface area contributed by atoms with Gasteiger partial charge in [0.2, 0.25) is 5.91 Å². The average Bonchev–Trinajstić information content (AvgIpc) is 3.40. The fourth-order valence-corrected chi connectivity index (χ4v) is 10.3. The van der Waals surface area contributed by atoms with Crippen molar-refractivity contribution in [3.05, 3.63) is 36.5 Å². The van der Waals surface area contributed by atoms with Gasteiger partial charge in [-0.15, -0.1) is 0 Å². The summed E-state index contributed by atoms with van der Waals surface area (Å²) >= 11 is 0. The Hall–Kier alpha value is -1.92. The summed E-state index contributed by atoms with van der Waals surface area (Å²) < 4.78 is 5.50. The highest BCUT2D eigenvalue weighted by atomic mass is 16.5. The molecule has 0 fully saturated rings. The lowest BCUT2D eigenvalue weighted by Crippen LogP contribution is -2.45. The van der Waals surface area contributed by atoms with Crippen LogP contribution in [0.1, 0.15) is 361 Å². The van der Waals surface area contributed by atoms with E-state index in [-0.39, 0.29) is 18.5 Å². The molecule has 436 valence electrons. The van der Waals surface area contributed by atoms with Crippen molar-refractivity contribution >= 4 is 11.9 Å². The molecule has 0 rings (SSSR count). The molecule has 3 N–H and O–H groups in total. The van der Waals surface area contributed by atoms with Crippen molar-refractivity contribution < 1.29 is 24.5 Å². The Labute approximate surface area is 462 Å². The molecular formula is C68H129NO5. The second-order valence-electron chi connectivity index (χ2n) is 22.8. The van der Waals surface area contributed by atoms with Gasteiger partial charge in [-0.1, -0.05) is 320 Å². The zero-order chi connectivity index (χ0) is 53.6. The van der Waals surface area contributed by atoms with Gasteiger partial charge in [-0.25, -0.2) is 0 Å². The van der Waals surface area contributed by atoms with Crippen LogP contribution in [0.2, 0.25) is 0 Å². The number of rotatable bonds is 62. The van der Waals surface area contributed by atoms with Gasteiger partial charge >= 0.3 is 5.97 Å². The van der Waals surface area contributed by atoms with Crippen molar-refractivity contribution in [3.8, 4) is 0 Å². The van der Waals surface area contributed by atoms with E-state index < -0.39 is 12.1 Å². The first-order valence-electron chi connectivity index (χ1n) is 33.3. The van der Waals surface area contributed by atoms with E-state index >= 15 is 0 Å². The first-order chi connectivity index (χ1) is 36.5. The normalized spacial score (nSPS) is 12.8. The van der Waals surface area contributed by atoms with Gasteiger partial charge in [0.1, 0.15) is 0 Å². The molecule has 0 aromatic heterocycles. The summed E-state index contributed by atoms with van der Waals surface area (Å²) in [5, 5.41) is 23.1. The van der Waals surface area contributed by atoms with Crippen LogP contribution in [0.25, 0.3) is 0 Å². The molecule has 0 saturated heterocycles. The number of allylic oxidation sites excluding steroid dienone is 5. The van der Waals surface area contributed by atoms with Crippen LogP contribution < -0.4 is 5.32 Å². The molecule has 2 unspecified atom stereocenters. The van der Waals surface area contributed by atoms with E-state index in [2.05, 4.69) is 43.5 Å². The number of unbranched alkanes of at least 4 members (excludes halogenated alkanes) is 47. The average molecular weight is 1040 g/mol. The molecule has 6 heteroatoms. The van der Waals surface area contributed by atoms with Crippen molar-refractivity contribution in [2.24, 2.45) is 0 Å². The van der Waals surface area contributed by atoms with Gasteiger partial charge in [-0.3, -0.25) is 9.59 Å². The van der Waals surface area contributed by atoms with E-state index in [1.807, 2.05) is 6.08 Å². The largest absolute Gasteiger partial charge is 0.466 e. The van der Waals surface area contributed by atoms with Gasteiger partial charge in [-0.2, -0.15) is 0 Å². The van der Waals surface area contributed by atoms with Crippen molar-refractivity contribution in [2.75, 3.05) is 13.2 Å². The number of ether oxygens (including phenoxy) is 1. The molecule has 0 heterocycles. The maximum atomic E-state index is 12.5. The van der Waals surface area contributed by atoms with Crippen molar-refractivity contribution in [2.45, 2.75) is 373 Å². The number of aliphatic hydroxyl groups excluding tert-OH is 2. The van der Waals surface area contributed by atoms with E-state index in [4.69, 9.17) is 4.74 Å². The van der Waals surface area contributed by atoms with Gasteiger partial charge in [0.15, 0.2) is 0 Å². The van der Waals surface area contributed by atoms with E-state index in [9.17, 15) is 19.8 Å². The van der Waals surface area contributed by atoms with Crippen LogP contribution in [0, 0.1) is 0 Å². The minimum Gasteiger partial charge on any atom is -0.466 e. The Morgan fingerprint density at radius 2 is 0.676 bits per heavy atom. The molecule has 0 aliphatic carbocycles. The number of esters is 1. The van der Waals surface area contributed by atoms with Gasteiger partial charge < -0.3 is 20.3 Å². The number of aliphatic hydroxyl groups is 2. The van der Waals surface area contributed by atoms with Crippen molar-refractivity contribution in [3.63, 3.8) is 0 Å². The zero-order valence-corrected chi connectivity index (χ0v) is 49.8. The Morgan fingerprint density at radius 1 is 0.378 bits per heavy atom.